The van der Waals surface area contributed by atoms with E-state index in [2.05, 4.69) is 0 Å². The lowest BCUT2D eigenvalue weighted by atomic mass is 9.91. The van der Waals surface area contributed by atoms with Crippen molar-refractivity contribution < 1.29 is 43.7 Å². The Bertz CT molecular complexity index is 843. The minimum Gasteiger partial charge on any atom is -0.426 e. The number of halogens is 3. The number of ether oxygens (including phenoxy) is 1. The van der Waals surface area contributed by atoms with Crippen LogP contribution in [0.4, 0.5) is 13.2 Å². The van der Waals surface area contributed by atoms with Gasteiger partial charge in [-0.1, -0.05) is 6.92 Å². The highest BCUT2D eigenvalue weighted by Gasteiger charge is 2.52. The van der Waals surface area contributed by atoms with Crippen molar-refractivity contribution >= 4 is 26.0 Å². The minimum atomic E-state index is -5.95. The topological polar surface area (TPSA) is 111 Å². The molecule has 0 aliphatic heterocycles. The number of quaternary nitrogens is 1. The van der Waals surface area contributed by atoms with Crippen LogP contribution in [0.2, 0.25) is 0 Å². The molecule has 0 radical (unpaired) electrons. The molecule has 0 aromatic heterocycles. The summed E-state index contributed by atoms with van der Waals surface area (Å²) in [6, 6.07) is 3.79. The van der Waals surface area contributed by atoms with Crippen molar-refractivity contribution in [1.29, 1.82) is 0 Å². The summed E-state index contributed by atoms with van der Waals surface area (Å²) in [5, 5.41) is 0. The van der Waals surface area contributed by atoms with E-state index in [1.165, 1.54) is 0 Å². The number of alkyl halides is 3. The van der Waals surface area contributed by atoms with Crippen molar-refractivity contribution in [2.75, 3.05) is 0 Å². The molecule has 1 aromatic carbocycles. The van der Waals surface area contributed by atoms with E-state index >= 15 is 0 Å². The van der Waals surface area contributed by atoms with Gasteiger partial charge < -0.3 is 4.74 Å². The van der Waals surface area contributed by atoms with Crippen LogP contribution in [-0.4, -0.2) is 28.3 Å². The van der Waals surface area contributed by atoms with Crippen LogP contribution in [0.15, 0.2) is 29.2 Å². The number of hydrogen-bond acceptors (Lipinski definition) is 6. The Hall–Kier alpha value is -1.66. The van der Waals surface area contributed by atoms with E-state index in [0.29, 0.717) is 6.42 Å². The highest BCUT2D eigenvalue weighted by atomic mass is 32.3. The van der Waals surface area contributed by atoms with E-state index in [1.54, 1.807) is 20.8 Å². The molecule has 142 valence electrons. The van der Waals surface area contributed by atoms with Crippen molar-refractivity contribution in [2.45, 2.75) is 37.6 Å². The first-order chi connectivity index (χ1) is 11.1. The summed E-state index contributed by atoms with van der Waals surface area (Å²) in [6.45, 7) is 5.06. The van der Waals surface area contributed by atoms with E-state index in [9.17, 15) is 34.8 Å². The van der Waals surface area contributed by atoms with Gasteiger partial charge in [-0.05, 0) is 44.5 Å². The first-order valence-corrected chi connectivity index (χ1v) is 9.95. The molecule has 0 fully saturated rings. The van der Waals surface area contributed by atoms with E-state index in [4.69, 9.17) is 4.74 Å². The van der Waals surface area contributed by atoms with Crippen LogP contribution in [0.1, 0.15) is 27.2 Å². The zero-order valence-corrected chi connectivity index (χ0v) is 15.1. The summed E-state index contributed by atoms with van der Waals surface area (Å²) >= 11 is 0. The van der Waals surface area contributed by atoms with E-state index in [0.717, 1.165) is 24.3 Å². The summed E-state index contributed by atoms with van der Waals surface area (Å²) < 4.78 is 86.7. The smallest absolute Gasteiger partial charge is 0.426 e. The lowest BCUT2D eigenvalue weighted by Gasteiger charge is -2.20. The molecule has 0 aliphatic carbocycles. The second-order valence-electron chi connectivity index (χ2n) is 5.73. The standard InChI is InChI=1S/C13H16F3NO6S2/c1-4-12(2,3)11(18)23-9-5-7-10(8-6-9)24(19,20)17-25(21,22)13(14,15)16/h5-8,17H,4H2,1-3H3/p+1. The summed E-state index contributed by atoms with van der Waals surface area (Å²) in [4.78, 5) is 11.2. The van der Waals surface area contributed by atoms with Crippen LogP contribution >= 0.6 is 0 Å². The molecule has 0 atom stereocenters. The second-order valence-corrected chi connectivity index (χ2v) is 9.61. The summed E-state index contributed by atoms with van der Waals surface area (Å²) in [6.07, 6.45) is 0.489. The Balaban J connectivity index is 3.01. The van der Waals surface area contributed by atoms with Gasteiger partial charge in [0.1, 0.15) is 10.6 Å². The monoisotopic (exact) mass is 404 g/mol. The molecule has 1 rings (SSSR count). The highest BCUT2D eigenvalue weighted by Crippen LogP contribution is 2.24. The third kappa shape index (κ3) is 5.16. The Morgan fingerprint density at radius 1 is 1.08 bits per heavy atom. The Labute approximate surface area is 143 Å². The normalized spacial score (nSPS) is 13.5. The molecule has 0 heterocycles. The average molecular weight is 404 g/mol. The van der Waals surface area contributed by atoms with Gasteiger partial charge in [0.25, 0.3) is 0 Å². The van der Waals surface area contributed by atoms with Crippen LogP contribution in [0.3, 0.4) is 0 Å². The molecule has 0 bridgehead atoms. The molecule has 2 N–H and O–H groups in total. The number of esters is 1. The van der Waals surface area contributed by atoms with Gasteiger partial charge in [-0.25, -0.2) is 0 Å². The maximum atomic E-state index is 12.3. The predicted molar refractivity (Wildman–Crippen MR) is 80.2 cm³/mol. The molecule has 0 saturated heterocycles. The number of benzene rings is 1. The molecule has 0 spiro atoms. The van der Waals surface area contributed by atoms with Crippen molar-refractivity contribution in [1.82, 2.24) is 0 Å². The van der Waals surface area contributed by atoms with Gasteiger partial charge in [0.2, 0.25) is 0 Å². The van der Waals surface area contributed by atoms with Crippen LogP contribution in [-0.2, 0) is 24.8 Å². The molecule has 0 amide bonds. The fourth-order valence-electron chi connectivity index (χ4n) is 1.36. The van der Waals surface area contributed by atoms with Gasteiger partial charge >= 0.3 is 31.5 Å². The average Bonchev–Trinajstić information content (AvgIpc) is 2.45. The summed E-state index contributed by atoms with van der Waals surface area (Å²) in [5.74, 6) is -0.596. The number of hydrogen-bond donors (Lipinski definition) is 1. The maximum absolute atomic E-state index is 12.3. The van der Waals surface area contributed by atoms with Crippen LogP contribution in [0, 0.1) is 5.41 Å². The largest absolute Gasteiger partial charge is 0.550 e. The van der Waals surface area contributed by atoms with E-state index in [1.807, 2.05) is 0 Å². The van der Waals surface area contributed by atoms with Crippen LogP contribution < -0.4 is 8.86 Å². The third-order valence-corrected chi connectivity index (χ3v) is 6.98. The van der Waals surface area contributed by atoms with Crippen LogP contribution in [0.25, 0.3) is 0 Å². The fraction of sp³-hybridized carbons (Fsp3) is 0.462. The molecule has 7 nitrogen and oxygen atoms in total. The minimum absolute atomic E-state index is 0.0239. The summed E-state index contributed by atoms with van der Waals surface area (Å²) in [7, 11) is -10.8. The molecule has 1 aromatic rings. The third-order valence-electron chi connectivity index (χ3n) is 3.38. The Morgan fingerprint density at radius 3 is 1.96 bits per heavy atom. The van der Waals surface area contributed by atoms with Gasteiger partial charge in [-0.3, -0.25) is 4.79 Å². The van der Waals surface area contributed by atoms with Crippen LogP contribution in [0.5, 0.6) is 5.75 Å². The van der Waals surface area contributed by atoms with Crippen molar-refractivity contribution in [3.8, 4) is 5.75 Å². The van der Waals surface area contributed by atoms with Gasteiger partial charge in [0.05, 0.1) is 5.41 Å². The molecular weight excluding hydrogens is 387 g/mol. The van der Waals surface area contributed by atoms with Crippen molar-refractivity contribution in [3.63, 3.8) is 0 Å². The molecular formula is C13H17F3NO6S2+. The SMILES string of the molecule is CCC(C)(C)C(=O)Oc1ccc(S(=O)(=O)[NH2+]S(=O)(=O)C(F)(F)F)cc1. The van der Waals surface area contributed by atoms with Gasteiger partial charge in [-0.15, -0.1) is 4.13 Å². The number of primary sulfonamides is 2. The lowest BCUT2D eigenvalue weighted by molar-refractivity contribution is -0.329. The molecule has 0 unspecified atom stereocenters. The van der Waals surface area contributed by atoms with Gasteiger partial charge in [0, 0.05) is 0 Å². The Morgan fingerprint density at radius 2 is 1.56 bits per heavy atom. The summed E-state index contributed by atoms with van der Waals surface area (Å²) in [5.41, 5.74) is -6.50. The molecule has 0 saturated carbocycles. The number of carbonyl (C=O) groups excluding carboxylic acids is 1. The molecule has 25 heavy (non-hydrogen) atoms. The molecule has 0 aliphatic rings. The first-order valence-electron chi connectivity index (χ1n) is 6.86. The predicted octanol–water partition coefficient (Wildman–Crippen LogP) is 1.13. The van der Waals surface area contributed by atoms with E-state index in [-0.39, 0.29) is 5.75 Å². The Kier molecular flexibility index (Phi) is 5.92. The molecule has 12 heteroatoms. The van der Waals surface area contributed by atoms with Gasteiger partial charge in [-0.2, -0.15) is 30.0 Å². The van der Waals surface area contributed by atoms with Crippen molar-refractivity contribution in [2.24, 2.45) is 5.41 Å². The second kappa shape index (κ2) is 6.92. The maximum Gasteiger partial charge on any atom is 0.550 e. The quantitative estimate of drug-likeness (QED) is 0.562. The lowest BCUT2D eigenvalue weighted by Crippen LogP contribution is -2.92. The first kappa shape index (κ1) is 21.4. The zero-order valence-electron chi connectivity index (χ0n) is 13.5. The number of sulfonamides is 2. The number of carbonyl (C=O) groups is 1. The fourth-order valence-corrected chi connectivity index (χ4v) is 4.09. The number of nitrogens with two attached hydrogens (primary N) is 1. The van der Waals surface area contributed by atoms with Gasteiger partial charge in [0.15, 0.2) is 0 Å². The van der Waals surface area contributed by atoms with E-state index < -0.39 is 46.0 Å². The number of rotatable bonds is 6. The highest BCUT2D eigenvalue weighted by molar-refractivity contribution is 7.96. The zero-order chi connectivity index (χ0) is 19.7. The van der Waals surface area contributed by atoms with Crippen molar-refractivity contribution in [3.05, 3.63) is 24.3 Å².